The molecule has 0 N–H and O–H groups in total. The highest BCUT2D eigenvalue weighted by molar-refractivity contribution is 5.94. The molecule has 2 aliphatic carbocycles. The second-order valence-corrected chi connectivity index (χ2v) is 8.88. The summed E-state index contributed by atoms with van der Waals surface area (Å²) in [6.07, 6.45) is 8.05. The first kappa shape index (κ1) is 16.7. The first-order chi connectivity index (χ1) is 17.3. The first-order valence-electron chi connectivity index (χ1n) is 12.6. The predicted octanol–water partition coefficient (Wildman–Crippen LogP) is 4.42. The predicted molar refractivity (Wildman–Crippen MR) is 125 cm³/mol. The Morgan fingerprint density at radius 1 is 1.18 bits per heavy atom. The van der Waals surface area contributed by atoms with E-state index in [1.807, 2.05) is 16.7 Å². The smallest absolute Gasteiger partial charge is 0.281 e. The zero-order chi connectivity index (χ0) is 25.0. The van der Waals surface area contributed by atoms with Crippen LogP contribution < -0.4 is 10.3 Å². The fraction of sp³-hybridized carbons (Fsp3) is 0.308. The van der Waals surface area contributed by atoms with E-state index in [1.54, 1.807) is 24.5 Å². The lowest BCUT2D eigenvalue weighted by molar-refractivity contribution is 0.414. The van der Waals surface area contributed by atoms with E-state index in [4.69, 9.17) is 8.85 Å². The van der Waals surface area contributed by atoms with Crippen LogP contribution in [0.1, 0.15) is 47.0 Å². The molecule has 164 valence electrons. The number of nitrogens with zero attached hydrogens (tertiary/aromatic N) is 5. The molecule has 3 heterocycles. The van der Waals surface area contributed by atoms with Crippen molar-refractivity contribution in [1.82, 2.24) is 19.3 Å². The topological polar surface area (TPSA) is 85.7 Å². The molecule has 6 rings (SSSR count). The van der Waals surface area contributed by atoms with Crippen molar-refractivity contribution in [3.63, 3.8) is 0 Å². The number of methoxy groups -OCH3 is 1. The van der Waals surface area contributed by atoms with Crippen LogP contribution in [0.25, 0.3) is 27.8 Å². The van der Waals surface area contributed by atoms with E-state index < -0.39 is 7.04 Å². The van der Waals surface area contributed by atoms with Crippen LogP contribution in [0.2, 0.25) is 0 Å². The summed E-state index contributed by atoms with van der Waals surface area (Å²) in [6.45, 7) is 0.727. The second-order valence-electron chi connectivity index (χ2n) is 8.88. The molecule has 0 amide bonds. The standard InChI is InChI=1S/C26H23N5O2/c1-33-21-9-7-20(8-10-21)31-26(32)23(18-6-11-22(28-13-18)17-4-5-17)25-24(29-31)19(12-27)15-30(25)14-16-2-3-16/h6-11,13,15-17H,2-5,14H2,1H3/i1D3. The Labute approximate surface area is 195 Å². The number of benzene rings is 1. The van der Waals surface area contributed by atoms with Gasteiger partial charge in [0.1, 0.15) is 17.3 Å². The largest absolute Gasteiger partial charge is 0.497 e. The molecule has 0 aliphatic heterocycles. The third kappa shape index (κ3) is 3.48. The molecule has 0 atom stereocenters. The van der Waals surface area contributed by atoms with E-state index >= 15 is 0 Å². The van der Waals surface area contributed by atoms with Gasteiger partial charge in [-0.3, -0.25) is 9.78 Å². The van der Waals surface area contributed by atoms with Gasteiger partial charge in [-0.2, -0.15) is 15.0 Å². The minimum atomic E-state index is -2.57. The summed E-state index contributed by atoms with van der Waals surface area (Å²) in [5.74, 6) is 1.18. The van der Waals surface area contributed by atoms with E-state index in [-0.39, 0.29) is 11.3 Å². The van der Waals surface area contributed by atoms with Crippen molar-refractivity contribution >= 4 is 11.0 Å². The van der Waals surface area contributed by atoms with Crippen LogP contribution in [0.5, 0.6) is 5.75 Å². The molecular formula is C26H23N5O2. The van der Waals surface area contributed by atoms with Gasteiger partial charge in [0.05, 0.1) is 33.5 Å². The van der Waals surface area contributed by atoms with Crippen molar-refractivity contribution in [1.29, 1.82) is 5.26 Å². The summed E-state index contributed by atoms with van der Waals surface area (Å²) in [5, 5.41) is 14.5. The summed E-state index contributed by atoms with van der Waals surface area (Å²) in [5.41, 5.74) is 3.72. The van der Waals surface area contributed by atoms with Gasteiger partial charge in [-0.25, -0.2) is 0 Å². The van der Waals surface area contributed by atoms with Gasteiger partial charge in [0.15, 0.2) is 0 Å². The maximum absolute atomic E-state index is 13.9. The third-order valence-corrected chi connectivity index (χ3v) is 6.44. The average Bonchev–Trinajstić information content (AvgIpc) is 3.77. The van der Waals surface area contributed by atoms with Gasteiger partial charge in [0.2, 0.25) is 0 Å². The fourth-order valence-electron chi connectivity index (χ4n) is 4.33. The van der Waals surface area contributed by atoms with Gasteiger partial charge in [-0.1, -0.05) is 6.07 Å². The van der Waals surface area contributed by atoms with Gasteiger partial charge in [0, 0.05) is 36.1 Å². The summed E-state index contributed by atoms with van der Waals surface area (Å²) >= 11 is 0. The number of nitriles is 1. The van der Waals surface area contributed by atoms with Crippen LogP contribution in [0, 0.1) is 17.2 Å². The van der Waals surface area contributed by atoms with E-state index in [0.29, 0.717) is 45.2 Å². The van der Waals surface area contributed by atoms with Crippen LogP contribution in [0.15, 0.2) is 53.6 Å². The fourth-order valence-corrected chi connectivity index (χ4v) is 4.33. The highest BCUT2D eigenvalue weighted by atomic mass is 16.5. The molecule has 33 heavy (non-hydrogen) atoms. The molecule has 2 saturated carbocycles. The van der Waals surface area contributed by atoms with Gasteiger partial charge >= 0.3 is 0 Å². The summed E-state index contributed by atoms with van der Waals surface area (Å²) in [6, 6.07) is 12.2. The number of aromatic nitrogens is 4. The number of rotatable bonds is 6. The molecule has 0 spiro atoms. The normalized spacial score (nSPS) is 17.2. The summed E-state index contributed by atoms with van der Waals surface area (Å²) < 4.78 is 30.0. The molecule has 7 nitrogen and oxygen atoms in total. The Bertz CT molecular complexity index is 1560. The maximum atomic E-state index is 13.9. The third-order valence-electron chi connectivity index (χ3n) is 6.44. The Morgan fingerprint density at radius 3 is 2.64 bits per heavy atom. The molecule has 0 saturated heterocycles. The molecule has 0 bridgehead atoms. The SMILES string of the molecule is [2H]C([2H])([2H])Oc1ccc(-n2nc3c(C#N)cn(CC4CC4)c3c(-c3ccc(C4CC4)nc3)c2=O)cc1. The van der Waals surface area contributed by atoms with Crippen molar-refractivity contribution in [2.75, 3.05) is 7.04 Å². The van der Waals surface area contributed by atoms with Crippen molar-refractivity contribution in [2.45, 2.75) is 38.1 Å². The molecule has 3 aromatic heterocycles. The summed E-state index contributed by atoms with van der Waals surface area (Å²) in [7, 11) is -2.57. The van der Waals surface area contributed by atoms with Gasteiger partial charge in [0.25, 0.3) is 5.56 Å². The molecule has 2 aliphatic rings. The van der Waals surface area contributed by atoms with Crippen molar-refractivity contribution in [3.05, 3.63) is 70.4 Å². The molecular weight excluding hydrogens is 414 g/mol. The molecule has 7 heteroatoms. The molecule has 1 aromatic carbocycles. The average molecular weight is 441 g/mol. The van der Waals surface area contributed by atoms with Crippen molar-refractivity contribution < 1.29 is 8.85 Å². The zero-order valence-corrected chi connectivity index (χ0v) is 17.9. The van der Waals surface area contributed by atoms with Gasteiger partial charge in [-0.05, 0) is 61.9 Å². The molecule has 2 fully saturated rings. The number of ether oxygens (including phenoxy) is 1. The van der Waals surface area contributed by atoms with Crippen molar-refractivity contribution in [2.24, 2.45) is 5.92 Å². The van der Waals surface area contributed by atoms with E-state index in [9.17, 15) is 10.1 Å². The molecule has 4 aromatic rings. The number of hydrogen-bond acceptors (Lipinski definition) is 5. The van der Waals surface area contributed by atoms with Crippen molar-refractivity contribution in [3.8, 4) is 28.6 Å². The Hall–Kier alpha value is -3.92. The quantitative estimate of drug-likeness (QED) is 0.443. The summed E-state index contributed by atoms with van der Waals surface area (Å²) in [4.78, 5) is 18.6. The lowest BCUT2D eigenvalue weighted by Gasteiger charge is -2.13. The van der Waals surface area contributed by atoms with E-state index in [1.165, 1.54) is 16.8 Å². The highest BCUT2D eigenvalue weighted by Crippen LogP contribution is 2.39. The van der Waals surface area contributed by atoms with Gasteiger partial charge in [-0.15, -0.1) is 0 Å². The maximum Gasteiger partial charge on any atom is 0.281 e. The van der Waals surface area contributed by atoms with Gasteiger partial charge < -0.3 is 9.30 Å². The Balaban J connectivity index is 1.54. The second kappa shape index (κ2) is 7.59. The number of fused-ring (bicyclic) bond motifs is 1. The van der Waals surface area contributed by atoms with Crippen LogP contribution in [-0.4, -0.2) is 26.4 Å². The number of pyridine rings is 1. The zero-order valence-electron chi connectivity index (χ0n) is 20.9. The lowest BCUT2D eigenvalue weighted by Crippen LogP contribution is -2.24. The Kier molecular flexibility index (Phi) is 3.84. The lowest BCUT2D eigenvalue weighted by atomic mass is 10.1. The van der Waals surface area contributed by atoms with Crippen LogP contribution >= 0.6 is 0 Å². The highest BCUT2D eigenvalue weighted by Gasteiger charge is 2.28. The van der Waals surface area contributed by atoms with E-state index in [0.717, 1.165) is 37.9 Å². The minimum absolute atomic E-state index is 0.154. The minimum Gasteiger partial charge on any atom is -0.497 e. The molecule has 0 radical (unpaired) electrons. The molecule has 0 unspecified atom stereocenters. The Morgan fingerprint density at radius 2 is 2.00 bits per heavy atom. The van der Waals surface area contributed by atoms with Crippen LogP contribution in [0.4, 0.5) is 0 Å². The van der Waals surface area contributed by atoms with Crippen LogP contribution in [0.3, 0.4) is 0 Å². The van der Waals surface area contributed by atoms with E-state index in [2.05, 4.69) is 16.2 Å². The van der Waals surface area contributed by atoms with Crippen LogP contribution in [-0.2, 0) is 6.54 Å². The monoisotopic (exact) mass is 440 g/mol. The number of hydrogen-bond donors (Lipinski definition) is 0. The first-order valence-corrected chi connectivity index (χ1v) is 11.1.